The molecule has 17 heavy (non-hydrogen) atoms. The van der Waals surface area contributed by atoms with Crippen LogP contribution in [0.15, 0.2) is 0 Å². The van der Waals surface area contributed by atoms with Crippen molar-refractivity contribution in [2.75, 3.05) is 33.3 Å². The average molecular weight is 240 g/mol. The van der Waals surface area contributed by atoms with E-state index in [-0.39, 0.29) is 0 Å². The molecule has 1 heterocycles. The molecular weight excluding hydrogens is 212 g/mol. The molecule has 100 valence electrons. The minimum atomic E-state index is 0.360. The van der Waals surface area contributed by atoms with Gasteiger partial charge >= 0.3 is 0 Å². The van der Waals surface area contributed by atoms with Crippen LogP contribution >= 0.6 is 0 Å². The van der Waals surface area contributed by atoms with Crippen molar-refractivity contribution < 1.29 is 4.74 Å². The standard InChI is InChI=1S/C14H28N2O/c1-12(17-2)11-16-9-8-15-10-14(16)13-6-4-3-5-7-13/h12-15H,3-11H2,1-2H3. The largest absolute Gasteiger partial charge is 0.380 e. The molecule has 1 aliphatic carbocycles. The van der Waals surface area contributed by atoms with Crippen LogP contribution in [-0.4, -0.2) is 50.3 Å². The first kappa shape index (κ1) is 13.3. The Balaban J connectivity index is 1.90. The van der Waals surface area contributed by atoms with Gasteiger partial charge in [0.25, 0.3) is 0 Å². The number of hydrogen-bond acceptors (Lipinski definition) is 3. The number of ether oxygens (including phenoxy) is 1. The Hall–Kier alpha value is -0.120. The summed E-state index contributed by atoms with van der Waals surface area (Å²) in [7, 11) is 1.82. The van der Waals surface area contributed by atoms with Crippen molar-refractivity contribution in [1.29, 1.82) is 0 Å². The highest BCUT2D eigenvalue weighted by Gasteiger charge is 2.31. The fourth-order valence-corrected chi connectivity index (χ4v) is 3.38. The third-order valence-corrected chi connectivity index (χ3v) is 4.49. The number of nitrogens with one attached hydrogen (secondary N) is 1. The van der Waals surface area contributed by atoms with Crippen LogP contribution < -0.4 is 5.32 Å². The third-order valence-electron chi connectivity index (χ3n) is 4.49. The van der Waals surface area contributed by atoms with Gasteiger partial charge in [-0.2, -0.15) is 0 Å². The van der Waals surface area contributed by atoms with Gasteiger partial charge in [0.05, 0.1) is 6.10 Å². The molecule has 1 saturated carbocycles. The van der Waals surface area contributed by atoms with Gasteiger partial charge in [0, 0.05) is 39.3 Å². The van der Waals surface area contributed by atoms with Gasteiger partial charge in [-0.05, 0) is 25.7 Å². The summed E-state index contributed by atoms with van der Waals surface area (Å²) < 4.78 is 5.43. The second-order valence-corrected chi connectivity index (χ2v) is 5.71. The molecule has 3 heteroatoms. The van der Waals surface area contributed by atoms with E-state index in [1.807, 2.05) is 7.11 Å². The Labute approximate surface area is 106 Å². The molecule has 0 aromatic rings. The topological polar surface area (TPSA) is 24.5 Å². The molecule has 0 bridgehead atoms. The van der Waals surface area contributed by atoms with Crippen molar-refractivity contribution in [3.8, 4) is 0 Å². The van der Waals surface area contributed by atoms with Gasteiger partial charge in [-0.1, -0.05) is 19.3 Å². The molecular formula is C14H28N2O. The van der Waals surface area contributed by atoms with Gasteiger partial charge < -0.3 is 10.1 Å². The Morgan fingerprint density at radius 1 is 1.29 bits per heavy atom. The predicted molar refractivity (Wildman–Crippen MR) is 71.3 cm³/mol. The zero-order valence-corrected chi connectivity index (χ0v) is 11.5. The van der Waals surface area contributed by atoms with E-state index in [0.717, 1.165) is 25.0 Å². The van der Waals surface area contributed by atoms with E-state index in [2.05, 4.69) is 17.1 Å². The van der Waals surface area contributed by atoms with Crippen molar-refractivity contribution in [3.63, 3.8) is 0 Å². The van der Waals surface area contributed by atoms with E-state index in [0.29, 0.717) is 6.10 Å². The van der Waals surface area contributed by atoms with Crippen LogP contribution in [0.4, 0.5) is 0 Å². The molecule has 0 aromatic carbocycles. The quantitative estimate of drug-likeness (QED) is 0.812. The van der Waals surface area contributed by atoms with Gasteiger partial charge in [-0.25, -0.2) is 0 Å². The molecule has 2 aliphatic rings. The number of methoxy groups -OCH3 is 1. The monoisotopic (exact) mass is 240 g/mol. The molecule has 2 fully saturated rings. The van der Waals surface area contributed by atoms with Crippen LogP contribution in [0, 0.1) is 5.92 Å². The van der Waals surface area contributed by atoms with Crippen molar-refractivity contribution in [2.24, 2.45) is 5.92 Å². The maximum absolute atomic E-state index is 5.43. The maximum Gasteiger partial charge on any atom is 0.0670 e. The molecule has 0 radical (unpaired) electrons. The van der Waals surface area contributed by atoms with Crippen LogP contribution in [-0.2, 0) is 4.74 Å². The van der Waals surface area contributed by atoms with Crippen molar-refractivity contribution >= 4 is 0 Å². The first-order valence-electron chi connectivity index (χ1n) is 7.29. The Morgan fingerprint density at radius 3 is 2.76 bits per heavy atom. The number of rotatable bonds is 4. The highest BCUT2D eigenvalue weighted by molar-refractivity contribution is 4.87. The summed E-state index contributed by atoms with van der Waals surface area (Å²) >= 11 is 0. The number of piperazine rings is 1. The normalized spacial score (nSPS) is 30.4. The SMILES string of the molecule is COC(C)CN1CCNCC1C1CCCCC1. The van der Waals surface area contributed by atoms with Crippen LogP contribution in [0.2, 0.25) is 0 Å². The summed E-state index contributed by atoms with van der Waals surface area (Å²) in [5, 5.41) is 3.57. The average Bonchev–Trinajstić information content (AvgIpc) is 2.40. The summed E-state index contributed by atoms with van der Waals surface area (Å²) in [6.07, 6.45) is 7.56. The van der Waals surface area contributed by atoms with Crippen molar-refractivity contribution in [3.05, 3.63) is 0 Å². The van der Waals surface area contributed by atoms with E-state index < -0.39 is 0 Å². The molecule has 1 aliphatic heterocycles. The molecule has 2 atom stereocenters. The lowest BCUT2D eigenvalue weighted by molar-refractivity contribution is 0.0279. The second-order valence-electron chi connectivity index (χ2n) is 5.71. The van der Waals surface area contributed by atoms with Crippen molar-refractivity contribution in [1.82, 2.24) is 10.2 Å². The molecule has 3 nitrogen and oxygen atoms in total. The highest BCUT2D eigenvalue weighted by atomic mass is 16.5. The molecule has 1 N–H and O–H groups in total. The molecule has 2 rings (SSSR count). The van der Waals surface area contributed by atoms with Crippen LogP contribution in [0.1, 0.15) is 39.0 Å². The molecule has 2 unspecified atom stereocenters. The van der Waals surface area contributed by atoms with E-state index in [1.54, 1.807) is 0 Å². The van der Waals surface area contributed by atoms with E-state index in [4.69, 9.17) is 4.74 Å². The van der Waals surface area contributed by atoms with Crippen LogP contribution in [0.5, 0.6) is 0 Å². The summed E-state index contributed by atoms with van der Waals surface area (Å²) in [6, 6.07) is 0.752. The summed E-state index contributed by atoms with van der Waals surface area (Å²) in [5.74, 6) is 0.917. The highest BCUT2D eigenvalue weighted by Crippen LogP contribution is 2.29. The summed E-state index contributed by atoms with van der Waals surface area (Å²) in [4.78, 5) is 2.67. The molecule has 0 amide bonds. The lowest BCUT2D eigenvalue weighted by Gasteiger charge is -2.43. The Kier molecular flexibility index (Phi) is 5.26. The minimum Gasteiger partial charge on any atom is -0.380 e. The Bertz CT molecular complexity index is 216. The zero-order chi connectivity index (χ0) is 12.1. The molecule has 0 aromatic heterocycles. The summed E-state index contributed by atoms with van der Waals surface area (Å²) in [5.41, 5.74) is 0. The smallest absolute Gasteiger partial charge is 0.0670 e. The number of nitrogens with zero attached hydrogens (tertiary/aromatic N) is 1. The second kappa shape index (κ2) is 6.72. The lowest BCUT2D eigenvalue weighted by Crippen LogP contribution is -2.56. The van der Waals surface area contributed by atoms with Gasteiger partial charge in [-0.3, -0.25) is 4.90 Å². The first-order chi connectivity index (χ1) is 8.31. The Morgan fingerprint density at radius 2 is 2.06 bits per heavy atom. The van der Waals surface area contributed by atoms with Crippen LogP contribution in [0.3, 0.4) is 0 Å². The number of hydrogen-bond donors (Lipinski definition) is 1. The third kappa shape index (κ3) is 3.67. The van der Waals surface area contributed by atoms with E-state index >= 15 is 0 Å². The van der Waals surface area contributed by atoms with Gasteiger partial charge in [0.15, 0.2) is 0 Å². The van der Waals surface area contributed by atoms with Gasteiger partial charge in [-0.15, -0.1) is 0 Å². The maximum atomic E-state index is 5.43. The van der Waals surface area contributed by atoms with Gasteiger partial charge in [0.2, 0.25) is 0 Å². The van der Waals surface area contributed by atoms with Gasteiger partial charge in [0.1, 0.15) is 0 Å². The fourth-order valence-electron chi connectivity index (χ4n) is 3.38. The van der Waals surface area contributed by atoms with E-state index in [1.165, 1.54) is 45.2 Å². The van der Waals surface area contributed by atoms with E-state index in [9.17, 15) is 0 Å². The molecule has 1 saturated heterocycles. The lowest BCUT2D eigenvalue weighted by atomic mass is 9.82. The fraction of sp³-hybridized carbons (Fsp3) is 1.00. The zero-order valence-electron chi connectivity index (χ0n) is 11.5. The van der Waals surface area contributed by atoms with Crippen LogP contribution in [0.25, 0.3) is 0 Å². The minimum absolute atomic E-state index is 0.360. The predicted octanol–water partition coefficient (Wildman–Crippen LogP) is 1.88. The first-order valence-corrected chi connectivity index (χ1v) is 7.29. The summed E-state index contributed by atoms with van der Waals surface area (Å²) in [6.45, 7) is 6.79. The van der Waals surface area contributed by atoms with Crippen molar-refractivity contribution in [2.45, 2.75) is 51.2 Å². The molecule has 0 spiro atoms.